The second-order valence-electron chi connectivity index (χ2n) is 5.45. The Hall–Kier alpha value is -2.44. The van der Waals surface area contributed by atoms with E-state index < -0.39 is 0 Å². The SMILES string of the molecule is CC(C)CCNC(=O)COc1ccc(-c2nnn(C)n2)cc1. The highest BCUT2D eigenvalue weighted by Gasteiger charge is 2.06. The van der Waals surface area contributed by atoms with Crippen LogP contribution < -0.4 is 10.1 Å². The summed E-state index contributed by atoms with van der Waals surface area (Å²) in [6.45, 7) is 4.93. The summed E-state index contributed by atoms with van der Waals surface area (Å²) in [4.78, 5) is 13.0. The number of nitrogens with one attached hydrogen (secondary N) is 1. The predicted octanol–water partition coefficient (Wildman–Crippen LogP) is 1.42. The van der Waals surface area contributed by atoms with Crippen molar-refractivity contribution in [3.05, 3.63) is 24.3 Å². The van der Waals surface area contributed by atoms with Crippen LogP contribution in [-0.4, -0.2) is 39.3 Å². The fraction of sp³-hybridized carbons (Fsp3) is 0.467. The van der Waals surface area contributed by atoms with Gasteiger partial charge in [-0.1, -0.05) is 13.8 Å². The Balaban J connectivity index is 1.80. The van der Waals surface area contributed by atoms with E-state index in [9.17, 15) is 4.79 Å². The Morgan fingerprint density at radius 2 is 2.05 bits per heavy atom. The van der Waals surface area contributed by atoms with Crippen molar-refractivity contribution in [2.24, 2.45) is 13.0 Å². The lowest BCUT2D eigenvalue weighted by Gasteiger charge is -2.08. The monoisotopic (exact) mass is 303 g/mol. The number of aryl methyl sites for hydroxylation is 1. The summed E-state index contributed by atoms with van der Waals surface area (Å²) >= 11 is 0. The summed E-state index contributed by atoms with van der Waals surface area (Å²) in [6.07, 6.45) is 0.964. The van der Waals surface area contributed by atoms with E-state index in [0.717, 1.165) is 12.0 Å². The molecule has 2 aromatic rings. The molecule has 1 aromatic carbocycles. The highest BCUT2D eigenvalue weighted by atomic mass is 16.5. The van der Waals surface area contributed by atoms with Crippen LogP contribution in [0, 0.1) is 5.92 Å². The van der Waals surface area contributed by atoms with Crippen LogP contribution in [0.1, 0.15) is 20.3 Å². The molecule has 0 aliphatic carbocycles. The number of carbonyl (C=O) groups excluding carboxylic acids is 1. The van der Waals surface area contributed by atoms with Gasteiger partial charge in [-0.3, -0.25) is 4.79 Å². The van der Waals surface area contributed by atoms with Gasteiger partial charge in [0.05, 0.1) is 7.05 Å². The first-order valence-corrected chi connectivity index (χ1v) is 7.28. The lowest BCUT2D eigenvalue weighted by atomic mass is 10.1. The summed E-state index contributed by atoms with van der Waals surface area (Å²) in [7, 11) is 1.71. The Morgan fingerprint density at radius 1 is 1.32 bits per heavy atom. The number of nitrogens with zero attached hydrogens (tertiary/aromatic N) is 4. The summed E-state index contributed by atoms with van der Waals surface area (Å²) in [5, 5.41) is 14.7. The fourth-order valence-corrected chi connectivity index (χ4v) is 1.80. The molecular formula is C15H21N5O2. The van der Waals surface area contributed by atoms with Crippen LogP contribution in [0.25, 0.3) is 11.4 Å². The van der Waals surface area contributed by atoms with Crippen LogP contribution >= 0.6 is 0 Å². The van der Waals surface area contributed by atoms with Crippen molar-refractivity contribution in [3.8, 4) is 17.1 Å². The molecule has 0 saturated carbocycles. The van der Waals surface area contributed by atoms with Gasteiger partial charge in [0.15, 0.2) is 6.61 Å². The zero-order valence-electron chi connectivity index (χ0n) is 13.1. The first-order valence-electron chi connectivity index (χ1n) is 7.28. The standard InChI is InChI=1S/C15H21N5O2/c1-11(2)8-9-16-14(21)10-22-13-6-4-12(5-7-13)15-17-19-20(3)18-15/h4-7,11H,8-10H2,1-3H3,(H,16,21). The fourth-order valence-electron chi connectivity index (χ4n) is 1.80. The van der Waals surface area contributed by atoms with Gasteiger partial charge in [0.1, 0.15) is 5.75 Å². The topological polar surface area (TPSA) is 81.9 Å². The average molecular weight is 303 g/mol. The number of ether oxygens (including phenoxy) is 1. The second kappa shape index (κ2) is 7.53. The van der Waals surface area contributed by atoms with Gasteiger partial charge in [0.25, 0.3) is 5.91 Å². The Labute approximate surface area is 129 Å². The Kier molecular flexibility index (Phi) is 5.46. The van der Waals surface area contributed by atoms with Crippen molar-refractivity contribution >= 4 is 5.91 Å². The van der Waals surface area contributed by atoms with Crippen molar-refractivity contribution in [2.45, 2.75) is 20.3 Å². The zero-order valence-corrected chi connectivity index (χ0v) is 13.1. The molecular weight excluding hydrogens is 282 g/mol. The lowest BCUT2D eigenvalue weighted by molar-refractivity contribution is -0.123. The molecule has 0 radical (unpaired) electrons. The van der Waals surface area contributed by atoms with Crippen LogP contribution in [0.4, 0.5) is 0 Å². The van der Waals surface area contributed by atoms with E-state index in [1.54, 1.807) is 19.2 Å². The van der Waals surface area contributed by atoms with Gasteiger partial charge in [-0.2, -0.15) is 4.80 Å². The Morgan fingerprint density at radius 3 is 2.64 bits per heavy atom. The van der Waals surface area contributed by atoms with Gasteiger partial charge in [0.2, 0.25) is 5.82 Å². The number of benzene rings is 1. The van der Waals surface area contributed by atoms with Crippen molar-refractivity contribution in [1.82, 2.24) is 25.5 Å². The predicted molar refractivity (Wildman–Crippen MR) is 82.2 cm³/mol. The van der Waals surface area contributed by atoms with Gasteiger partial charge in [-0.25, -0.2) is 0 Å². The molecule has 22 heavy (non-hydrogen) atoms. The van der Waals surface area contributed by atoms with E-state index in [2.05, 4.69) is 34.6 Å². The maximum Gasteiger partial charge on any atom is 0.257 e. The summed E-state index contributed by atoms with van der Waals surface area (Å²) < 4.78 is 5.45. The van der Waals surface area contributed by atoms with E-state index in [1.807, 2.05) is 12.1 Å². The molecule has 0 spiro atoms. The normalized spacial score (nSPS) is 10.7. The van der Waals surface area contributed by atoms with Crippen LogP contribution in [-0.2, 0) is 11.8 Å². The van der Waals surface area contributed by atoms with E-state index >= 15 is 0 Å². The van der Waals surface area contributed by atoms with Gasteiger partial charge >= 0.3 is 0 Å². The van der Waals surface area contributed by atoms with Crippen molar-refractivity contribution in [3.63, 3.8) is 0 Å². The largest absolute Gasteiger partial charge is 0.484 e. The maximum atomic E-state index is 11.6. The van der Waals surface area contributed by atoms with Crippen molar-refractivity contribution < 1.29 is 9.53 Å². The van der Waals surface area contributed by atoms with Gasteiger partial charge < -0.3 is 10.1 Å². The molecule has 118 valence electrons. The van der Waals surface area contributed by atoms with Crippen LogP contribution in [0.3, 0.4) is 0 Å². The zero-order chi connectivity index (χ0) is 15.9. The maximum absolute atomic E-state index is 11.6. The summed E-state index contributed by atoms with van der Waals surface area (Å²) in [6, 6.07) is 7.24. The van der Waals surface area contributed by atoms with Crippen LogP contribution in [0.5, 0.6) is 5.75 Å². The minimum absolute atomic E-state index is 0.0147. The molecule has 0 bridgehead atoms. The molecule has 1 N–H and O–H groups in total. The molecule has 2 rings (SSSR count). The smallest absolute Gasteiger partial charge is 0.257 e. The number of hydrogen-bond acceptors (Lipinski definition) is 5. The van der Waals surface area contributed by atoms with Crippen molar-refractivity contribution in [2.75, 3.05) is 13.2 Å². The summed E-state index contributed by atoms with van der Waals surface area (Å²) in [5.74, 6) is 1.65. The number of rotatable bonds is 7. The number of amides is 1. The third-order valence-corrected chi connectivity index (χ3v) is 3.03. The molecule has 0 aliphatic rings. The van der Waals surface area contributed by atoms with Crippen LogP contribution in [0.2, 0.25) is 0 Å². The molecule has 0 aliphatic heterocycles. The van der Waals surface area contributed by atoms with Gasteiger partial charge in [-0.05, 0) is 41.8 Å². The number of tetrazole rings is 1. The molecule has 0 atom stereocenters. The van der Waals surface area contributed by atoms with E-state index in [0.29, 0.717) is 24.0 Å². The number of carbonyl (C=O) groups is 1. The molecule has 7 nitrogen and oxygen atoms in total. The van der Waals surface area contributed by atoms with Crippen molar-refractivity contribution in [1.29, 1.82) is 0 Å². The third-order valence-electron chi connectivity index (χ3n) is 3.03. The Bertz CT molecular complexity index is 607. The quantitative estimate of drug-likeness (QED) is 0.836. The highest BCUT2D eigenvalue weighted by molar-refractivity contribution is 5.77. The van der Waals surface area contributed by atoms with E-state index in [1.165, 1.54) is 4.80 Å². The molecule has 1 amide bonds. The van der Waals surface area contributed by atoms with Gasteiger partial charge in [-0.15, -0.1) is 10.2 Å². The van der Waals surface area contributed by atoms with E-state index in [4.69, 9.17) is 4.74 Å². The molecule has 7 heteroatoms. The number of hydrogen-bond donors (Lipinski definition) is 1. The first-order chi connectivity index (χ1) is 10.5. The minimum atomic E-state index is -0.111. The third kappa shape index (κ3) is 4.83. The molecule has 1 aromatic heterocycles. The molecule has 0 fully saturated rings. The van der Waals surface area contributed by atoms with Crippen LogP contribution in [0.15, 0.2) is 24.3 Å². The molecule has 1 heterocycles. The second-order valence-corrected chi connectivity index (χ2v) is 5.45. The first kappa shape index (κ1) is 15.9. The average Bonchev–Trinajstić information content (AvgIpc) is 2.92. The lowest BCUT2D eigenvalue weighted by Crippen LogP contribution is -2.30. The molecule has 0 saturated heterocycles. The molecule has 0 unspecified atom stereocenters. The van der Waals surface area contributed by atoms with Gasteiger partial charge in [0, 0.05) is 12.1 Å². The highest BCUT2D eigenvalue weighted by Crippen LogP contribution is 2.18. The van der Waals surface area contributed by atoms with E-state index in [-0.39, 0.29) is 12.5 Å². The summed E-state index contributed by atoms with van der Waals surface area (Å²) in [5.41, 5.74) is 0.849. The number of aromatic nitrogens is 4. The minimum Gasteiger partial charge on any atom is -0.484 e.